The topological polar surface area (TPSA) is 49.9 Å². The fraction of sp³-hybridized carbons (Fsp3) is 0.579. The van der Waals surface area contributed by atoms with Gasteiger partial charge in [0.25, 0.3) is 0 Å². The van der Waals surface area contributed by atoms with E-state index >= 15 is 0 Å². The molecule has 1 heterocycles. The first-order valence-corrected chi connectivity index (χ1v) is 9.45. The molecule has 0 spiro atoms. The minimum atomic E-state index is 0.138. The Morgan fingerprint density at radius 2 is 1.56 bits per heavy atom. The van der Waals surface area contributed by atoms with Crippen molar-refractivity contribution in [3.8, 4) is 5.75 Å². The second kappa shape index (κ2) is 10.3. The molecular weight excluding hydrogens is 340 g/mol. The second-order valence-corrected chi connectivity index (χ2v) is 6.65. The van der Waals surface area contributed by atoms with Crippen LogP contribution in [0.1, 0.15) is 31.2 Å². The van der Waals surface area contributed by atoms with E-state index in [9.17, 15) is 9.59 Å². The zero-order valence-electron chi connectivity index (χ0n) is 14.9. The van der Waals surface area contributed by atoms with E-state index < -0.39 is 0 Å². The van der Waals surface area contributed by atoms with E-state index in [2.05, 4.69) is 0 Å². The normalized spacial score (nSPS) is 14.5. The lowest BCUT2D eigenvalue weighted by molar-refractivity contribution is -0.139. The zero-order chi connectivity index (χ0) is 18.1. The molecule has 0 radical (unpaired) electrons. The number of ether oxygens (including phenoxy) is 1. The first-order valence-electron chi connectivity index (χ1n) is 8.91. The number of para-hydroxylation sites is 1. The van der Waals surface area contributed by atoms with Crippen molar-refractivity contribution >= 4 is 23.4 Å². The molecule has 25 heavy (non-hydrogen) atoms. The first kappa shape index (κ1) is 19.6. The smallest absolute Gasteiger partial charge is 0.222 e. The number of halogens is 1. The molecular formula is C19H27ClN2O3. The predicted molar refractivity (Wildman–Crippen MR) is 99.0 cm³/mol. The molecule has 1 aromatic rings. The highest BCUT2D eigenvalue weighted by atomic mass is 35.5. The van der Waals surface area contributed by atoms with Crippen LogP contribution in [0.3, 0.4) is 0 Å². The Morgan fingerprint density at radius 1 is 1.00 bits per heavy atom. The summed E-state index contributed by atoms with van der Waals surface area (Å²) in [6.45, 7) is 5.01. The molecule has 0 atom stereocenters. The van der Waals surface area contributed by atoms with Crippen molar-refractivity contribution in [2.45, 2.75) is 32.6 Å². The Morgan fingerprint density at radius 3 is 2.12 bits per heavy atom. The summed E-state index contributed by atoms with van der Waals surface area (Å²) >= 11 is 5.62. The maximum Gasteiger partial charge on any atom is 0.222 e. The number of aryl methyl sites for hydroxylation is 1. The molecule has 2 rings (SSSR count). The maximum absolute atomic E-state index is 12.3. The van der Waals surface area contributed by atoms with Crippen molar-refractivity contribution in [2.24, 2.45) is 0 Å². The van der Waals surface area contributed by atoms with Gasteiger partial charge in [0, 0.05) is 44.9 Å². The second-order valence-electron chi connectivity index (χ2n) is 6.27. The molecule has 1 fully saturated rings. The summed E-state index contributed by atoms with van der Waals surface area (Å²) in [6.07, 6.45) is 2.38. The predicted octanol–water partition coefficient (Wildman–Crippen LogP) is 2.84. The summed E-state index contributed by atoms with van der Waals surface area (Å²) in [7, 11) is 0. The van der Waals surface area contributed by atoms with Crippen molar-refractivity contribution in [3.63, 3.8) is 0 Å². The Kier molecular flexibility index (Phi) is 8.06. The van der Waals surface area contributed by atoms with Crippen molar-refractivity contribution in [1.82, 2.24) is 9.80 Å². The third-order valence-electron chi connectivity index (χ3n) is 4.40. The highest BCUT2D eigenvalue weighted by Crippen LogP contribution is 2.16. The highest BCUT2D eigenvalue weighted by Gasteiger charge is 2.23. The highest BCUT2D eigenvalue weighted by molar-refractivity contribution is 6.17. The van der Waals surface area contributed by atoms with E-state index in [4.69, 9.17) is 16.3 Å². The van der Waals surface area contributed by atoms with Gasteiger partial charge in [0.1, 0.15) is 5.75 Å². The fourth-order valence-electron chi connectivity index (χ4n) is 2.86. The van der Waals surface area contributed by atoms with Gasteiger partial charge in [0.15, 0.2) is 0 Å². The third-order valence-corrected chi connectivity index (χ3v) is 4.66. The number of carbonyl (C=O) groups excluding carboxylic acids is 2. The van der Waals surface area contributed by atoms with E-state index in [1.807, 2.05) is 41.0 Å². The zero-order valence-corrected chi connectivity index (χ0v) is 15.6. The van der Waals surface area contributed by atoms with E-state index in [-0.39, 0.29) is 11.8 Å². The molecule has 0 aromatic heterocycles. The minimum absolute atomic E-state index is 0.138. The Bertz CT molecular complexity index is 572. The Balaban J connectivity index is 1.64. The molecule has 1 aliphatic heterocycles. The summed E-state index contributed by atoms with van der Waals surface area (Å²) in [5, 5.41) is 0. The van der Waals surface area contributed by atoms with Crippen LogP contribution in [0.2, 0.25) is 0 Å². The van der Waals surface area contributed by atoms with E-state index in [0.29, 0.717) is 64.3 Å². The summed E-state index contributed by atoms with van der Waals surface area (Å²) in [5.41, 5.74) is 1.10. The molecule has 2 amide bonds. The minimum Gasteiger partial charge on any atom is -0.493 e. The van der Waals surface area contributed by atoms with Crippen LogP contribution in [0.25, 0.3) is 0 Å². The van der Waals surface area contributed by atoms with Crippen LogP contribution in [0.15, 0.2) is 24.3 Å². The molecule has 1 aliphatic rings. The van der Waals surface area contributed by atoms with Gasteiger partial charge in [-0.05, 0) is 31.4 Å². The maximum atomic E-state index is 12.3. The van der Waals surface area contributed by atoms with Gasteiger partial charge in [0.05, 0.1) is 6.61 Å². The molecule has 0 N–H and O–H groups in total. The molecule has 0 aliphatic carbocycles. The van der Waals surface area contributed by atoms with Crippen LogP contribution in [-0.2, 0) is 9.59 Å². The van der Waals surface area contributed by atoms with Crippen LogP contribution >= 0.6 is 11.6 Å². The van der Waals surface area contributed by atoms with Crippen molar-refractivity contribution in [2.75, 3.05) is 38.7 Å². The lowest BCUT2D eigenvalue weighted by atomic mass is 10.2. The molecule has 0 unspecified atom stereocenters. The average molecular weight is 367 g/mol. The summed E-state index contributed by atoms with van der Waals surface area (Å²) in [4.78, 5) is 27.9. The van der Waals surface area contributed by atoms with Crippen LogP contribution in [0, 0.1) is 6.92 Å². The van der Waals surface area contributed by atoms with Crippen LogP contribution in [-0.4, -0.2) is 60.3 Å². The van der Waals surface area contributed by atoms with Gasteiger partial charge in [-0.1, -0.05) is 18.2 Å². The van der Waals surface area contributed by atoms with Crippen LogP contribution < -0.4 is 4.74 Å². The lowest BCUT2D eigenvalue weighted by Gasteiger charge is -2.35. The number of piperazine rings is 1. The number of carbonyl (C=O) groups is 2. The number of hydrogen-bond donors (Lipinski definition) is 0. The summed E-state index contributed by atoms with van der Waals surface area (Å²) in [5.74, 6) is 1.66. The fourth-order valence-corrected chi connectivity index (χ4v) is 3.00. The van der Waals surface area contributed by atoms with Gasteiger partial charge >= 0.3 is 0 Å². The van der Waals surface area contributed by atoms with Crippen molar-refractivity contribution in [1.29, 1.82) is 0 Å². The molecule has 0 saturated carbocycles. The first-order chi connectivity index (χ1) is 12.1. The standard InChI is InChI=1S/C19H27ClN2O3/c1-16-6-2-3-7-17(16)25-15-5-9-19(24)22-13-11-21(12-14-22)18(23)8-4-10-20/h2-3,6-7H,4-5,8-15H2,1H3. The molecule has 1 saturated heterocycles. The largest absolute Gasteiger partial charge is 0.493 e. The number of nitrogens with zero attached hydrogens (tertiary/aromatic N) is 2. The Labute approximate surface area is 154 Å². The number of alkyl halides is 1. The molecule has 0 bridgehead atoms. The Hall–Kier alpha value is -1.75. The number of rotatable bonds is 8. The van der Waals surface area contributed by atoms with E-state index in [1.54, 1.807) is 0 Å². The summed E-state index contributed by atoms with van der Waals surface area (Å²) < 4.78 is 5.73. The van der Waals surface area contributed by atoms with Gasteiger partial charge in [-0.25, -0.2) is 0 Å². The lowest BCUT2D eigenvalue weighted by Crippen LogP contribution is -2.50. The number of amides is 2. The van der Waals surface area contributed by atoms with E-state index in [0.717, 1.165) is 11.3 Å². The van der Waals surface area contributed by atoms with Crippen LogP contribution in [0.5, 0.6) is 5.75 Å². The SMILES string of the molecule is Cc1ccccc1OCCCC(=O)N1CCN(C(=O)CCCCl)CC1. The third kappa shape index (κ3) is 6.24. The molecule has 138 valence electrons. The van der Waals surface area contributed by atoms with Gasteiger partial charge in [-0.15, -0.1) is 11.6 Å². The van der Waals surface area contributed by atoms with Crippen molar-refractivity contribution in [3.05, 3.63) is 29.8 Å². The van der Waals surface area contributed by atoms with Gasteiger partial charge in [-0.3, -0.25) is 9.59 Å². The van der Waals surface area contributed by atoms with E-state index in [1.165, 1.54) is 0 Å². The summed E-state index contributed by atoms with van der Waals surface area (Å²) in [6, 6.07) is 7.87. The van der Waals surface area contributed by atoms with Crippen LogP contribution in [0.4, 0.5) is 0 Å². The molecule has 6 heteroatoms. The van der Waals surface area contributed by atoms with Gasteiger partial charge in [0.2, 0.25) is 11.8 Å². The van der Waals surface area contributed by atoms with Gasteiger partial charge < -0.3 is 14.5 Å². The van der Waals surface area contributed by atoms with Gasteiger partial charge in [-0.2, -0.15) is 0 Å². The molecule has 1 aromatic carbocycles. The quantitative estimate of drug-likeness (QED) is 0.525. The monoisotopic (exact) mass is 366 g/mol. The van der Waals surface area contributed by atoms with Crippen molar-refractivity contribution < 1.29 is 14.3 Å². The molecule has 5 nitrogen and oxygen atoms in total. The number of hydrogen-bond acceptors (Lipinski definition) is 3. The number of benzene rings is 1. The average Bonchev–Trinajstić information content (AvgIpc) is 2.64.